The van der Waals surface area contributed by atoms with Crippen LogP contribution >= 0.6 is 34.8 Å². The Morgan fingerprint density at radius 1 is 0.842 bits per heavy atom. The van der Waals surface area contributed by atoms with Crippen molar-refractivity contribution in [2.75, 3.05) is 0 Å². The largest absolute Gasteiger partial charge is 0.298 e. The molecule has 94 valence electrons. The van der Waals surface area contributed by atoms with Crippen LogP contribution in [0.4, 0.5) is 0 Å². The zero-order valence-electron chi connectivity index (χ0n) is 9.58. The van der Waals surface area contributed by atoms with Gasteiger partial charge in [-0.25, -0.2) is 0 Å². The lowest BCUT2D eigenvalue weighted by Gasteiger charge is -2.09. The Kier molecular flexibility index (Phi) is 3.14. The molecule has 0 unspecified atom stereocenters. The molecule has 19 heavy (non-hydrogen) atoms. The van der Waals surface area contributed by atoms with Crippen molar-refractivity contribution in [3.05, 3.63) is 57.0 Å². The van der Waals surface area contributed by atoms with Crippen LogP contribution in [0.1, 0.15) is 10.4 Å². The lowest BCUT2D eigenvalue weighted by Crippen LogP contribution is -1.88. The maximum absolute atomic E-state index is 11.4. The summed E-state index contributed by atoms with van der Waals surface area (Å²) < 4.78 is 0. The molecular formula is C15H7Cl3O. The topological polar surface area (TPSA) is 17.1 Å². The Hall–Kier alpha value is -1.28. The van der Waals surface area contributed by atoms with Gasteiger partial charge in [0.2, 0.25) is 0 Å². The van der Waals surface area contributed by atoms with Crippen molar-refractivity contribution in [2.24, 2.45) is 0 Å². The molecule has 0 amide bonds. The van der Waals surface area contributed by atoms with Gasteiger partial charge in [0.25, 0.3) is 0 Å². The summed E-state index contributed by atoms with van der Waals surface area (Å²) in [5.74, 6) is 0. The molecule has 0 N–H and O–H groups in total. The van der Waals surface area contributed by atoms with Crippen LogP contribution in [-0.4, -0.2) is 6.29 Å². The molecule has 0 aromatic heterocycles. The minimum Gasteiger partial charge on any atom is -0.298 e. The number of benzene rings is 3. The Morgan fingerprint density at radius 3 is 2.37 bits per heavy atom. The van der Waals surface area contributed by atoms with Crippen molar-refractivity contribution >= 4 is 62.6 Å². The van der Waals surface area contributed by atoms with Crippen LogP contribution in [0.5, 0.6) is 0 Å². The second-order valence-electron chi connectivity index (χ2n) is 4.23. The third kappa shape index (κ3) is 1.99. The van der Waals surface area contributed by atoms with Crippen LogP contribution in [0.15, 0.2) is 36.4 Å². The Labute approximate surface area is 124 Å². The monoisotopic (exact) mass is 308 g/mol. The summed E-state index contributed by atoms with van der Waals surface area (Å²) in [6.45, 7) is 0. The SMILES string of the molecule is O=Cc1c2cc(Cl)ccc2cc2c(Cl)c(Cl)ccc12. The van der Waals surface area contributed by atoms with E-state index in [-0.39, 0.29) is 0 Å². The smallest absolute Gasteiger partial charge is 0.151 e. The molecule has 0 aliphatic rings. The molecule has 3 aromatic carbocycles. The van der Waals surface area contributed by atoms with E-state index in [9.17, 15) is 4.79 Å². The molecule has 3 rings (SSSR count). The molecule has 0 spiro atoms. The Morgan fingerprint density at radius 2 is 1.63 bits per heavy atom. The van der Waals surface area contributed by atoms with Crippen molar-refractivity contribution in [2.45, 2.75) is 0 Å². The molecule has 1 nitrogen and oxygen atoms in total. The van der Waals surface area contributed by atoms with Gasteiger partial charge in [-0.15, -0.1) is 0 Å². The number of hydrogen-bond acceptors (Lipinski definition) is 1. The summed E-state index contributed by atoms with van der Waals surface area (Å²) in [6.07, 6.45) is 0.825. The van der Waals surface area contributed by atoms with E-state index in [1.54, 1.807) is 24.3 Å². The average Bonchev–Trinajstić information content (AvgIpc) is 2.41. The van der Waals surface area contributed by atoms with Gasteiger partial charge < -0.3 is 0 Å². The zero-order valence-corrected chi connectivity index (χ0v) is 11.9. The summed E-state index contributed by atoms with van der Waals surface area (Å²) in [4.78, 5) is 11.4. The van der Waals surface area contributed by atoms with Gasteiger partial charge in [-0.2, -0.15) is 0 Å². The van der Waals surface area contributed by atoms with Gasteiger partial charge in [0, 0.05) is 16.0 Å². The molecule has 0 aliphatic heterocycles. The van der Waals surface area contributed by atoms with Crippen molar-refractivity contribution in [1.29, 1.82) is 0 Å². The van der Waals surface area contributed by atoms with Crippen LogP contribution < -0.4 is 0 Å². The first kappa shape index (κ1) is 12.7. The molecule has 0 aliphatic carbocycles. The Bertz CT molecular complexity index is 825. The predicted octanol–water partition coefficient (Wildman–Crippen LogP) is 5.77. The molecule has 3 aromatic rings. The van der Waals surface area contributed by atoms with Crippen LogP contribution in [0, 0.1) is 0 Å². The van der Waals surface area contributed by atoms with Crippen molar-refractivity contribution in [3.63, 3.8) is 0 Å². The van der Waals surface area contributed by atoms with Crippen LogP contribution in [0.2, 0.25) is 15.1 Å². The number of carbonyl (C=O) groups is 1. The molecule has 0 fully saturated rings. The molecular weight excluding hydrogens is 303 g/mol. The Balaban J connectivity index is 2.60. The van der Waals surface area contributed by atoms with Crippen molar-refractivity contribution in [1.82, 2.24) is 0 Å². The van der Waals surface area contributed by atoms with E-state index in [4.69, 9.17) is 34.8 Å². The fourth-order valence-electron chi connectivity index (χ4n) is 2.26. The first-order chi connectivity index (χ1) is 9.11. The first-order valence-electron chi connectivity index (χ1n) is 5.57. The molecule has 0 saturated heterocycles. The molecule has 0 saturated carbocycles. The summed E-state index contributed by atoms with van der Waals surface area (Å²) in [5.41, 5.74) is 0.577. The maximum Gasteiger partial charge on any atom is 0.151 e. The average molecular weight is 310 g/mol. The van der Waals surface area contributed by atoms with E-state index < -0.39 is 0 Å². The maximum atomic E-state index is 11.4. The van der Waals surface area contributed by atoms with Gasteiger partial charge in [-0.1, -0.05) is 46.9 Å². The third-order valence-electron chi connectivity index (χ3n) is 3.15. The third-order valence-corrected chi connectivity index (χ3v) is 4.20. The molecule has 0 radical (unpaired) electrons. The number of aldehydes is 1. The van der Waals surface area contributed by atoms with Gasteiger partial charge in [-0.05, 0) is 40.4 Å². The van der Waals surface area contributed by atoms with Crippen molar-refractivity contribution in [3.8, 4) is 0 Å². The van der Waals surface area contributed by atoms with E-state index in [1.165, 1.54) is 0 Å². The quantitative estimate of drug-likeness (QED) is 0.412. The van der Waals surface area contributed by atoms with Gasteiger partial charge in [0.05, 0.1) is 10.0 Å². The number of fused-ring (bicyclic) bond motifs is 2. The van der Waals surface area contributed by atoms with Gasteiger partial charge in [0.15, 0.2) is 6.29 Å². The number of halogens is 3. The summed E-state index contributed by atoms with van der Waals surface area (Å²) in [7, 11) is 0. The van der Waals surface area contributed by atoms with E-state index in [0.29, 0.717) is 20.6 Å². The minimum atomic E-state index is 0.458. The fourth-order valence-corrected chi connectivity index (χ4v) is 2.81. The minimum absolute atomic E-state index is 0.458. The summed E-state index contributed by atoms with van der Waals surface area (Å²) in [6, 6.07) is 10.8. The van der Waals surface area contributed by atoms with E-state index in [2.05, 4.69) is 0 Å². The van der Waals surface area contributed by atoms with Gasteiger partial charge in [0.1, 0.15) is 0 Å². The first-order valence-corrected chi connectivity index (χ1v) is 6.70. The molecule has 0 heterocycles. The zero-order chi connectivity index (χ0) is 13.6. The molecule has 4 heteroatoms. The van der Waals surface area contributed by atoms with E-state index >= 15 is 0 Å². The van der Waals surface area contributed by atoms with Crippen LogP contribution in [0.3, 0.4) is 0 Å². The fraction of sp³-hybridized carbons (Fsp3) is 0. The highest BCUT2D eigenvalue weighted by atomic mass is 35.5. The lowest BCUT2D eigenvalue weighted by atomic mass is 9.97. The second-order valence-corrected chi connectivity index (χ2v) is 5.45. The van der Waals surface area contributed by atoms with Crippen molar-refractivity contribution < 1.29 is 4.79 Å². The summed E-state index contributed by atoms with van der Waals surface area (Å²) in [5, 5.41) is 4.79. The highest BCUT2D eigenvalue weighted by Gasteiger charge is 2.11. The standard InChI is InChI=1S/C15H7Cl3O/c16-9-2-1-8-5-12-10(3-4-14(17)15(12)18)13(7-19)11(8)6-9/h1-7H. The second kappa shape index (κ2) is 4.68. The number of carbonyl (C=O) groups excluding carboxylic acids is 1. The van der Waals surface area contributed by atoms with Gasteiger partial charge in [-0.3, -0.25) is 4.79 Å². The lowest BCUT2D eigenvalue weighted by molar-refractivity contribution is 0.112. The highest BCUT2D eigenvalue weighted by molar-refractivity contribution is 6.45. The number of hydrogen-bond donors (Lipinski definition) is 0. The van der Waals surface area contributed by atoms with E-state index in [0.717, 1.165) is 27.8 Å². The molecule has 0 bridgehead atoms. The van der Waals surface area contributed by atoms with Crippen LogP contribution in [0.25, 0.3) is 21.5 Å². The normalized spacial score (nSPS) is 11.1. The van der Waals surface area contributed by atoms with E-state index in [1.807, 2.05) is 12.1 Å². The summed E-state index contributed by atoms with van der Waals surface area (Å²) >= 11 is 18.2. The van der Waals surface area contributed by atoms with Crippen LogP contribution in [-0.2, 0) is 0 Å². The highest BCUT2D eigenvalue weighted by Crippen LogP contribution is 2.36. The number of rotatable bonds is 1. The van der Waals surface area contributed by atoms with Gasteiger partial charge >= 0.3 is 0 Å². The predicted molar refractivity (Wildman–Crippen MR) is 81.9 cm³/mol. The molecule has 0 atom stereocenters.